The van der Waals surface area contributed by atoms with Gasteiger partial charge in [0.05, 0.1) is 0 Å². The van der Waals surface area contributed by atoms with Gasteiger partial charge in [-0.25, -0.2) is 4.39 Å². The minimum atomic E-state index is -0.207. The Morgan fingerprint density at radius 2 is 1.90 bits per heavy atom. The summed E-state index contributed by atoms with van der Waals surface area (Å²) in [4.78, 5) is 2.10. The molecule has 4 heteroatoms. The van der Waals surface area contributed by atoms with E-state index < -0.39 is 0 Å². The van der Waals surface area contributed by atoms with Gasteiger partial charge in [0.1, 0.15) is 5.82 Å². The third kappa shape index (κ3) is 4.04. The van der Waals surface area contributed by atoms with Gasteiger partial charge in [0.25, 0.3) is 0 Å². The lowest BCUT2D eigenvalue weighted by Gasteiger charge is -2.18. The molecular formula is C16H18ClFN2. The van der Waals surface area contributed by atoms with E-state index >= 15 is 0 Å². The third-order valence-corrected chi connectivity index (χ3v) is 3.49. The lowest BCUT2D eigenvalue weighted by atomic mass is 10.1. The van der Waals surface area contributed by atoms with Crippen molar-refractivity contribution in [3.63, 3.8) is 0 Å². The van der Waals surface area contributed by atoms with Gasteiger partial charge in [-0.3, -0.25) is 4.90 Å². The Labute approximate surface area is 124 Å². The van der Waals surface area contributed by atoms with Crippen LogP contribution in [0.15, 0.2) is 42.5 Å². The molecule has 0 fully saturated rings. The normalized spacial score (nSPS) is 11.1. The maximum Gasteiger partial charge on any atom is 0.123 e. The number of hydrogen-bond donors (Lipinski definition) is 1. The van der Waals surface area contributed by atoms with Crippen molar-refractivity contribution < 1.29 is 4.39 Å². The number of hydrogen-bond acceptors (Lipinski definition) is 2. The van der Waals surface area contributed by atoms with Gasteiger partial charge in [0.15, 0.2) is 0 Å². The van der Waals surface area contributed by atoms with Gasteiger partial charge in [-0.2, -0.15) is 0 Å². The van der Waals surface area contributed by atoms with E-state index in [1.165, 1.54) is 6.07 Å². The summed E-state index contributed by atoms with van der Waals surface area (Å²) in [6.45, 7) is 1.87. The second kappa shape index (κ2) is 6.84. The van der Waals surface area contributed by atoms with Gasteiger partial charge >= 0.3 is 0 Å². The van der Waals surface area contributed by atoms with Crippen molar-refractivity contribution in [3.8, 4) is 0 Å². The van der Waals surface area contributed by atoms with Gasteiger partial charge in [-0.15, -0.1) is 0 Å². The standard InChI is InChI=1S/C16H18ClFN2/c1-20(10-13-3-2-4-15(18)7-13)11-14-6-5-12(9-19)8-16(14)17/h2-8H,9-11,19H2,1H3. The van der Waals surface area contributed by atoms with E-state index in [0.29, 0.717) is 19.6 Å². The molecule has 0 aromatic heterocycles. The summed E-state index contributed by atoms with van der Waals surface area (Å²) < 4.78 is 13.1. The minimum Gasteiger partial charge on any atom is -0.326 e. The lowest BCUT2D eigenvalue weighted by Crippen LogP contribution is -2.17. The van der Waals surface area contributed by atoms with E-state index in [9.17, 15) is 4.39 Å². The van der Waals surface area contributed by atoms with Gasteiger partial charge in [-0.1, -0.05) is 35.9 Å². The first-order valence-electron chi connectivity index (χ1n) is 6.49. The molecule has 0 saturated carbocycles. The first kappa shape index (κ1) is 15.0. The smallest absolute Gasteiger partial charge is 0.123 e. The van der Waals surface area contributed by atoms with Crippen LogP contribution in [0.25, 0.3) is 0 Å². The fourth-order valence-electron chi connectivity index (χ4n) is 2.14. The number of benzene rings is 2. The summed E-state index contributed by atoms with van der Waals surface area (Å²) in [6.07, 6.45) is 0. The quantitative estimate of drug-likeness (QED) is 0.913. The highest BCUT2D eigenvalue weighted by Crippen LogP contribution is 2.20. The molecule has 2 rings (SSSR count). The molecule has 0 aliphatic carbocycles. The van der Waals surface area contributed by atoms with Crippen LogP contribution in [-0.4, -0.2) is 11.9 Å². The Hall–Kier alpha value is -1.42. The van der Waals surface area contributed by atoms with Crippen molar-refractivity contribution in [2.45, 2.75) is 19.6 Å². The number of halogens is 2. The summed E-state index contributed by atoms with van der Waals surface area (Å²) in [5.41, 5.74) is 8.59. The summed E-state index contributed by atoms with van der Waals surface area (Å²) in [6, 6.07) is 12.5. The van der Waals surface area contributed by atoms with Gasteiger partial charge < -0.3 is 5.73 Å². The van der Waals surface area contributed by atoms with E-state index in [2.05, 4.69) is 4.90 Å². The highest BCUT2D eigenvalue weighted by molar-refractivity contribution is 6.31. The maximum absolute atomic E-state index is 13.1. The van der Waals surface area contributed by atoms with Crippen molar-refractivity contribution >= 4 is 11.6 Å². The van der Waals surface area contributed by atoms with Crippen LogP contribution in [0, 0.1) is 5.82 Å². The van der Waals surface area contributed by atoms with E-state index in [1.54, 1.807) is 12.1 Å². The molecule has 2 aromatic carbocycles. The number of nitrogens with zero attached hydrogens (tertiary/aromatic N) is 1. The average Bonchev–Trinajstić information content (AvgIpc) is 2.41. The van der Waals surface area contributed by atoms with Gasteiger partial charge in [0, 0.05) is 24.7 Å². The third-order valence-electron chi connectivity index (χ3n) is 3.13. The highest BCUT2D eigenvalue weighted by atomic mass is 35.5. The van der Waals surface area contributed by atoms with Crippen LogP contribution in [0.5, 0.6) is 0 Å². The fourth-order valence-corrected chi connectivity index (χ4v) is 2.40. The molecule has 106 valence electrons. The second-order valence-corrected chi connectivity index (χ2v) is 5.34. The molecule has 0 amide bonds. The Morgan fingerprint density at radius 3 is 2.55 bits per heavy atom. The minimum absolute atomic E-state index is 0.207. The molecular weight excluding hydrogens is 275 g/mol. The molecule has 0 aliphatic heterocycles. The largest absolute Gasteiger partial charge is 0.326 e. The zero-order chi connectivity index (χ0) is 14.5. The molecule has 0 aliphatic rings. The fraction of sp³-hybridized carbons (Fsp3) is 0.250. The molecule has 0 saturated heterocycles. The van der Waals surface area contributed by atoms with Gasteiger partial charge in [0.2, 0.25) is 0 Å². The molecule has 0 unspecified atom stereocenters. The summed E-state index contributed by atoms with van der Waals surface area (Å²) in [5.74, 6) is -0.207. The van der Waals surface area contributed by atoms with E-state index in [4.69, 9.17) is 17.3 Å². The number of rotatable bonds is 5. The summed E-state index contributed by atoms with van der Waals surface area (Å²) >= 11 is 6.24. The van der Waals surface area contributed by atoms with Crippen LogP contribution >= 0.6 is 11.6 Å². The second-order valence-electron chi connectivity index (χ2n) is 4.93. The molecule has 2 nitrogen and oxygen atoms in total. The summed E-state index contributed by atoms with van der Waals surface area (Å²) in [7, 11) is 1.98. The van der Waals surface area contributed by atoms with Crippen molar-refractivity contribution in [1.82, 2.24) is 4.90 Å². The van der Waals surface area contributed by atoms with E-state index in [-0.39, 0.29) is 5.82 Å². The van der Waals surface area contributed by atoms with Crippen LogP contribution in [-0.2, 0) is 19.6 Å². The first-order chi connectivity index (χ1) is 9.58. The van der Waals surface area contributed by atoms with Crippen LogP contribution < -0.4 is 5.73 Å². The monoisotopic (exact) mass is 292 g/mol. The average molecular weight is 293 g/mol. The topological polar surface area (TPSA) is 29.3 Å². The van der Waals surface area contributed by atoms with Crippen LogP contribution in [0.3, 0.4) is 0 Å². The predicted octanol–water partition coefficient (Wildman–Crippen LogP) is 3.57. The zero-order valence-corrected chi connectivity index (χ0v) is 12.2. The van der Waals surface area contributed by atoms with Crippen LogP contribution in [0.2, 0.25) is 5.02 Å². The Balaban J connectivity index is 2.02. The lowest BCUT2D eigenvalue weighted by molar-refractivity contribution is 0.318. The Bertz CT molecular complexity index is 586. The molecule has 0 heterocycles. The Morgan fingerprint density at radius 1 is 1.10 bits per heavy atom. The SMILES string of the molecule is CN(Cc1cccc(F)c1)Cc1ccc(CN)cc1Cl. The molecule has 0 spiro atoms. The number of nitrogens with two attached hydrogens (primary N) is 1. The van der Waals surface area contributed by atoms with Crippen LogP contribution in [0.4, 0.5) is 4.39 Å². The predicted molar refractivity (Wildman–Crippen MR) is 80.9 cm³/mol. The first-order valence-corrected chi connectivity index (χ1v) is 6.86. The maximum atomic E-state index is 13.1. The van der Waals surface area contributed by atoms with Crippen molar-refractivity contribution in [2.24, 2.45) is 5.73 Å². The highest BCUT2D eigenvalue weighted by Gasteiger charge is 2.06. The molecule has 2 aromatic rings. The van der Waals surface area contributed by atoms with Crippen molar-refractivity contribution in [3.05, 3.63) is 70.0 Å². The molecule has 0 atom stereocenters. The molecule has 2 N–H and O–H groups in total. The molecule has 0 radical (unpaired) electrons. The van der Waals surface area contributed by atoms with E-state index in [0.717, 1.165) is 21.7 Å². The summed E-state index contributed by atoms with van der Waals surface area (Å²) in [5, 5.41) is 0.721. The van der Waals surface area contributed by atoms with Crippen molar-refractivity contribution in [2.75, 3.05) is 7.05 Å². The zero-order valence-electron chi connectivity index (χ0n) is 11.4. The van der Waals surface area contributed by atoms with E-state index in [1.807, 2.05) is 31.3 Å². The van der Waals surface area contributed by atoms with Crippen molar-refractivity contribution in [1.29, 1.82) is 0 Å². The van der Waals surface area contributed by atoms with Gasteiger partial charge in [-0.05, 0) is 41.9 Å². The Kier molecular flexibility index (Phi) is 5.12. The molecule has 20 heavy (non-hydrogen) atoms. The molecule has 0 bridgehead atoms. The van der Waals surface area contributed by atoms with Crippen LogP contribution in [0.1, 0.15) is 16.7 Å².